The summed E-state index contributed by atoms with van der Waals surface area (Å²) in [7, 11) is -0.220. The van der Waals surface area contributed by atoms with Crippen molar-refractivity contribution in [2.24, 2.45) is 5.92 Å². The number of ether oxygens (including phenoxy) is 2. The number of benzene rings is 3. The van der Waals surface area contributed by atoms with Gasteiger partial charge in [-0.05, 0) is 66.3 Å². The summed E-state index contributed by atoms with van der Waals surface area (Å²) in [6.07, 6.45) is 2.09. The quantitative estimate of drug-likeness (QED) is 0.569. The van der Waals surface area contributed by atoms with Gasteiger partial charge in [-0.1, -0.05) is 36.4 Å². The van der Waals surface area contributed by atoms with Gasteiger partial charge in [-0.25, -0.2) is 8.42 Å². The summed E-state index contributed by atoms with van der Waals surface area (Å²) in [4.78, 5) is 13.1. The molecule has 0 aliphatic carbocycles. The van der Waals surface area contributed by atoms with Crippen molar-refractivity contribution in [2.75, 3.05) is 25.3 Å². The number of amides is 1. The molecule has 172 valence electrons. The van der Waals surface area contributed by atoms with Gasteiger partial charge in [0.15, 0.2) is 21.3 Å². The lowest BCUT2D eigenvalue weighted by Crippen LogP contribution is -2.34. The number of carbonyl (C=O) groups excluding carboxylic acids is 1. The van der Waals surface area contributed by atoms with E-state index in [4.69, 9.17) is 9.47 Å². The SMILES string of the molecule is COc1ccc(CCc2ccc(NC(=O)C3Cc4ccccc4S(=O)(=O)C3)cc2)cc1OC. The number of nitrogens with one attached hydrogen (secondary N) is 1. The van der Waals surface area contributed by atoms with Crippen LogP contribution in [0.4, 0.5) is 5.69 Å². The first-order valence-corrected chi connectivity index (χ1v) is 12.5. The lowest BCUT2D eigenvalue weighted by Gasteiger charge is -2.23. The number of methoxy groups -OCH3 is 2. The van der Waals surface area contributed by atoms with Crippen LogP contribution in [0, 0.1) is 5.92 Å². The molecule has 1 unspecified atom stereocenters. The first kappa shape index (κ1) is 22.9. The zero-order valence-corrected chi connectivity index (χ0v) is 19.5. The minimum Gasteiger partial charge on any atom is -0.493 e. The lowest BCUT2D eigenvalue weighted by atomic mass is 9.99. The van der Waals surface area contributed by atoms with Gasteiger partial charge in [0.05, 0.1) is 30.8 Å². The van der Waals surface area contributed by atoms with E-state index in [-0.39, 0.29) is 11.7 Å². The van der Waals surface area contributed by atoms with Crippen LogP contribution in [0.5, 0.6) is 11.5 Å². The Bertz CT molecular complexity index is 1250. The summed E-state index contributed by atoms with van der Waals surface area (Å²) in [5.74, 6) is 0.371. The van der Waals surface area contributed by atoms with Gasteiger partial charge in [0.2, 0.25) is 5.91 Å². The fourth-order valence-corrected chi connectivity index (χ4v) is 5.96. The Balaban J connectivity index is 1.37. The van der Waals surface area contributed by atoms with Crippen LogP contribution in [0.2, 0.25) is 0 Å². The maximum atomic E-state index is 12.8. The van der Waals surface area contributed by atoms with E-state index in [2.05, 4.69) is 5.32 Å². The van der Waals surface area contributed by atoms with Crippen LogP contribution in [0.1, 0.15) is 16.7 Å². The third kappa shape index (κ3) is 5.20. The minimum absolute atomic E-state index is 0.167. The lowest BCUT2D eigenvalue weighted by molar-refractivity contribution is -0.119. The van der Waals surface area contributed by atoms with Crippen LogP contribution in [0.3, 0.4) is 0 Å². The molecule has 0 fully saturated rings. The highest BCUT2D eigenvalue weighted by atomic mass is 32.2. The second-order valence-electron chi connectivity index (χ2n) is 8.17. The molecule has 0 saturated heterocycles. The Morgan fingerprint density at radius 3 is 2.30 bits per heavy atom. The van der Waals surface area contributed by atoms with Crippen molar-refractivity contribution in [1.29, 1.82) is 0 Å². The van der Waals surface area contributed by atoms with Crippen molar-refractivity contribution < 1.29 is 22.7 Å². The Labute approximate surface area is 194 Å². The molecule has 0 saturated carbocycles. The molecule has 3 aromatic carbocycles. The summed E-state index contributed by atoms with van der Waals surface area (Å²) < 4.78 is 35.7. The van der Waals surface area contributed by atoms with E-state index >= 15 is 0 Å². The van der Waals surface area contributed by atoms with Gasteiger partial charge in [-0.15, -0.1) is 0 Å². The molecule has 0 spiro atoms. The van der Waals surface area contributed by atoms with Crippen LogP contribution < -0.4 is 14.8 Å². The van der Waals surface area contributed by atoms with Crippen molar-refractivity contribution >= 4 is 21.4 Å². The maximum absolute atomic E-state index is 12.8. The van der Waals surface area contributed by atoms with Gasteiger partial charge in [-0.3, -0.25) is 4.79 Å². The summed E-state index contributed by atoms with van der Waals surface area (Å²) >= 11 is 0. The zero-order valence-electron chi connectivity index (χ0n) is 18.7. The number of aryl methyl sites for hydroxylation is 2. The van der Waals surface area contributed by atoms with E-state index in [0.29, 0.717) is 34.1 Å². The van der Waals surface area contributed by atoms with Crippen molar-refractivity contribution in [2.45, 2.75) is 24.2 Å². The predicted molar refractivity (Wildman–Crippen MR) is 128 cm³/mol. The molecule has 0 radical (unpaired) electrons. The van der Waals surface area contributed by atoms with Crippen molar-refractivity contribution in [1.82, 2.24) is 0 Å². The van der Waals surface area contributed by atoms with E-state index in [1.165, 1.54) is 0 Å². The number of rotatable bonds is 7. The highest BCUT2D eigenvalue weighted by molar-refractivity contribution is 7.91. The van der Waals surface area contributed by atoms with Gasteiger partial charge in [0.25, 0.3) is 0 Å². The molecule has 7 heteroatoms. The van der Waals surface area contributed by atoms with E-state index in [1.54, 1.807) is 38.5 Å². The fourth-order valence-electron chi connectivity index (χ4n) is 4.15. The first-order chi connectivity index (χ1) is 15.9. The molecule has 0 aromatic heterocycles. The molecule has 1 N–H and O–H groups in total. The molecule has 1 aliphatic rings. The van der Waals surface area contributed by atoms with Crippen molar-refractivity contribution in [3.05, 3.63) is 83.4 Å². The third-order valence-electron chi connectivity index (χ3n) is 5.94. The Kier molecular flexibility index (Phi) is 6.70. The van der Waals surface area contributed by atoms with Gasteiger partial charge in [0, 0.05) is 5.69 Å². The molecule has 1 atom stereocenters. The summed E-state index contributed by atoms with van der Waals surface area (Å²) in [6, 6.07) is 20.5. The normalized spacial score (nSPS) is 16.5. The van der Waals surface area contributed by atoms with Gasteiger partial charge >= 0.3 is 0 Å². The average Bonchev–Trinajstić information content (AvgIpc) is 2.83. The fraction of sp³-hybridized carbons (Fsp3) is 0.269. The Morgan fingerprint density at radius 2 is 1.58 bits per heavy atom. The molecule has 6 nitrogen and oxygen atoms in total. The van der Waals surface area contributed by atoms with Gasteiger partial charge in [0.1, 0.15) is 0 Å². The molecule has 0 bridgehead atoms. The van der Waals surface area contributed by atoms with Crippen LogP contribution in [-0.4, -0.2) is 34.3 Å². The molecule has 33 heavy (non-hydrogen) atoms. The molecule has 1 amide bonds. The number of fused-ring (bicyclic) bond motifs is 1. The minimum atomic E-state index is -3.46. The standard InChI is InChI=1S/C26H27NO5S/c1-31-23-14-11-19(15-24(23)32-2)8-7-18-9-12-22(13-10-18)27-26(28)21-16-20-5-3-4-6-25(20)33(29,30)17-21/h3-6,9-15,21H,7-8,16-17H2,1-2H3,(H,27,28). The predicted octanol–water partition coefficient (Wildman–Crippen LogP) is 4.07. The molecular formula is C26H27NO5S. The smallest absolute Gasteiger partial charge is 0.228 e. The monoisotopic (exact) mass is 465 g/mol. The van der Waals surface area contributed by atoms with E-state index in [9.17, 15) is 13.2 Å². The molecule has 1 heterocycles. The average molecular weight is 466 g/mol. The van der Waals surface area contributed by atoms with Gasteiger partial charge < -0.3 is 14.8 Å². The number of carbonyl (C=O) groups is 1. The number of sulfone groups is 1. The van der Waals surface area contributed by atoms with Crippen molar-refractivity contribution in [3.8, 4) is 11.5 Å². The van der Waals surface area contributed by atoms with E-state index in [0.717, 1.165) is 24.0 Å². The highest BCUT2D eigenvalue weighted by Crippen LogP contribution is 2.29. The summed E-state index contributed by atoms with van der Waals surface area (Å²) in [5.41, 5.74) is 3.64. The molecular weight excluding hydrogens is 438 g/mol. The second-order valence-corrected chi connectivity index (χ2v) is 10.2. The number of hydrogen-bond donors (Lipinski definition) is 1. The first-order valence-electron chi connectivity index (χ1n) is 10.8. The molecule has 3 aromatic rings. The largest absolute Gasteiger partial charge is 0.493 e. The summed E-state index contributed by atoms with van der Waals surface area (Å²) in [5, 5.41) is 2.88. The topological polar surface area (TPSA) is 81.7 Å². The number of anilines is 1. The Morgan fingerprint density at radius 1 is 0.909 bits per heavy atom. The van der Waals surface area contributed by atoms with E-state index in [1.807, 2.05) is 42.5 Å². The Hall–Kier alpha value is -3.32. The van der Waals surface area contributed by atoms with E-state index < -0.39 is 15.8 Å². The highest BCUT2D eigenvalue weighted by Gasteiger charge is 2.34. The zero-order chi connectivity index (χ0) is 23.4. The van der Waals surface area contributed by atoms with Gasteiger partial charge in [-0.2, -0.15) is 0 Å². The van der Waals surface area contributed by atoms with Crippen LogP contribution in [0.25, 0.3) is 0 Å². The van der Waals surface area contributed by atoms with Crippen LogP contribution >= 0.6 is 0 Å². The summed E-state index contributed by atoms with van der Waals surface area (Å²) in [6.45, 7) is 0. The number of hydrogen-bond acceptors (Lipinski definition) is 5. The van der Waals surface area contributed by atoms with Crippen LogP contribution in [0.15, 0.2) is 71.6 Å². The second kappa shape index (κ2) is 9.67. The molecule has 1 aliphatic heterocycles. The third-order valence-corrected chi connectivity index (χ3v) is 7.85. The van der Waals surface area contributed by atoms with Crippen LogP contribution in [-0.2, 0) is 33.9 Å². The molecule has 4 rings (SSSR count). The van der Waals surface area contributed by atoms with Crippen molar-refractivity contribution in [3.63, 3.8) is 0 Å². The maximum Gasteiger partial charge on any atom is 0.228 e.